The molecule has 0 bridgehead atoms. The first-order valence-corrected chi connectivity index (χ1v) is 8.67. The number of hydrogen-bond acceptors (Lipinski definition) is 2. The van der Waals surface area contributed by atoms with Crippen LogP contribution in [0.2, 0.25) is 0 Å². The quantitative estimate of drug-likeness (QED) is 0.739. The Kier molecular flexibility index (Phi) is 4.18. The van der Waals surface area contributed by atoms with Crippen molar-refractivity contribution in [2.75, 3.05) is 0 Å². The molecule has 1 heterocycles. The van der Waals surface area contributed by atoms with Crippen LogP contribution in [0, 0.1) is 11.8 Å². The van der Waals surface area contributed by atoms with Gasteiger partial charge in [-0.25, -0.2) is 0 Å². The molecule has 25 heavy (non-hydrogen) atoms. The van der Waals surface area contributed by atoms with Crippen molar-refractivity contribution in [2.45, 2.75) is 44.4 Å². The second kappa shape index (κ2) is 6.36. The van der Waals surface area contributed by atoms with Crippen molar-refractivity contribution in [3.63, 3.8) is 0 Å². The van der Waals surface area contributed by atoms with Gasteiger partial charge in [0.05, 0.1) is 0 Å². The molecule has 1 aromatic carbocycles. The SMILES string of the molecule is FC(F)(F)Oc1ccc([C]2CCC2C2CCCc3cccnc32)cc1. The lowest BCUT2D eigenvalue weighted by molar-refractivity contribution is -0.274. The van der Waals surface area contributed by atoms with Crippen LogP contribution >= 0.6 is 0 Å². The molecule has 4 rings (SSSR count). The van der Waals surface area contributed by atoms with Gasteiger partial charge in [-0.3, -0.25) is 4.98 Å². The van der Waals surface area contributed by atoms with E-state index >= 15 is 0 Å². The average Bonchev–Trinajstić information content (AvgIpc) is 2.55. The minimum atomic E-state index is -4.65. The monoisotopic (exact) mass is 346 g/mol. The van der Waals surface area contributed by atoms with Crippen LogP contribution in [0.15, 0.2) is 42.6 Å². The third kappa shape index (κ3) is 3.37. The molecule has 0 aliphatic heterocycles. The Hall–Kier alpha value is -2.04. The zero-order valence-corrected chi connectivity index (χ0v) is 13.7. The first-order valence-electron chi connectivity index (χ1n) is 8.67. The molecule has 1 radical (unpaired) electrons. The van der Waals surface area contributed by atoms with Gasteiger partial charge in [0.2, 0.25) is 0 Å². The molecule has 2 aliphatic rings. The Morgan fingerprint density at radius 3 is 2.44 bits per heavy atom. The second-order valence-corrected chi connectivity index (χ2v) is 6.79. The fraction of sp³-hybridized carbons (Fsp3) is 0.400. The minimum absolute atomic E-state index is 0.169. The fourth-order valence-corrected chi connectivity index (χ4v) is 4.17. The predicted molar refractivity (Wildman–Crippen MR) is 88.1 cm³/mol. The topological polar surface area (TPSA) is 22.1 Å². The van der Waals surface area contributed by atoms with E-state index < -0.39 is 6.36 Å². The van der Waals surface area contributed by atoms with Gasteiger partial charge in [0, 0.05) is 23.7 Å². The summed E-state index contributed by atoms with van der Waals surface area (Å²) in [6.45, 7) is 0. The van der Waals surface area contributed by atoms with E-state index in [2.05, 4.69) is 15.8 Å². The number of halogens is 3. The summed E-state index contributed by atoms with van der Waals surface area (Å²) < 4.78 is 40.8. The number of fused-ring (bicyclic) bond motifs is 1. The van der Waals surface area contributed by atoms with Gasteiger partial charge in [-0.2, -0.15) is 0 Å². The molecule has 0 N–H and O–H groups in total. The van der Waals surface area contributed by atoms with Crippen LogP contribution in [0.4, 0.5) is 13.2 Å². The Morgan fingerprint density at radius 1 is 0.960 bits per heavy atom. The molecule has 2 atom stereocenters. The van der Waals surface area contributed by atoms with E-state index in [4.69, 9.17) is 0 Å². The van der Waals surface area contributed by atoms with Crippen LogP contribution in [0.1, 0.15) is 48.4 Å². The summed E-state index contributed by atoms with van der Waals surface area (Å²) in [6.07, 6.45) is 2.73. The highest BCUT2D eigenvalue weighted by atomic mass is 19.4. The van der Waals surface area contributed by atoms with Crippen LogP contribution in [-0.2, 0) is 6.42 Å². The number of alkyl halides is 3. The molecule has 1 aromatic heterocycles. The van der Waals surface area contributed by atoms with E-state index in [0.717, 1.165) is 31.2 Å². The Morgan fingerprint density at radius 2 is 1.76 bits per heavy atom. The van der Waals surface area contributed by atoms with Crippen molar-refractivity contribution in [3.05, 3.63) is 65.3 Å². The van der Waals surface area contributed by atoms with E-state index in [1.54, 1.807) is 12.1 Å². The van der Waals surface area contributed by atoms with Crippen molar-refractivity contribution in [2.24, 2.45) is 5.92 Å². The standard InChI is InChI=1S/C20H19F3NO/c21-20(22,23)25-15-8-6-13(7-9-15)16-10-11-17(16)18-5-1-3-14-4-2-12-24-19(14)18/h2,4,6-9,12,17-18H,1,3,5,10-11H2. The van der Waals surface area contributed by atoms with Gasteiger partial charge in [-0.05, 0) is 67.3 Å². The van der Waals surface area contributed by atoms with Crippen molar-refractivity contribution in [1.29, 1.82) is 0 Å². The zero-order chi connectivity index (χ0) is 17.4. The van der Waals surface area contributed by atoms with E-state index in [-0.39, 0.29) is 5.75 Å². The number of nitrogens with zero attached hydrogens (tertiary/aromatic N) is 1. The van der Waals surface area contributed by atoms with Gasteiger partial charge in [0.25, 0.3) is 0 Å². The highest BCUT2D eigenvalue weighted by Crippen LogP contribution is 2.52. The predicted octanol–water partition coefficient (Wildman–Crippen LogP) is 5.43. The molecule has 1 saturated carbocycles. The molecular weight excluding hydrogens is 327 g/mol. The van der Waals surface area contributed by atoms with Crippen molar-refractivity contribution >= 4 is 0 Å². The van der Waals surface area contributed by atoms with Gasteiger partial charge in [0.1, 0.15) is 5.75 Å². The first kappa shape index (κ1) is 16.4. The number of ether oxygens (including phenoxy) is 1. The molecule has 0 saturated heterocycles. The number of benzene rings is 1. The van der Waals surface area contributed by atoms with E-state index in [1.807, 2.05) is 12.3 Å². The fourth-order valence-electron chi connectivity index (χ4n) is 4.17. The van der Waals surface area contributed by atoms with Gasteiger partial charge < -0.3 is 4.74 Å². The maximum absolute atomic E-state index is 12.3. The van der Waals surface area contributed by atoms with Gasteiger partial charge in [-0.1, -0.05) is 18.2 Å². The third-order valence-corrected chi connectivity index (χ3v) is 5.36. The number of hydrogen-bond donors (Lipinski definition) is 0. The number of aromatic nitrogens is 1. The molecule has 0 amide bonds. The van der Waals surface area contributed by atoms with E-state index in [1.165, 1.54) is 35.7 Å². The molecule has 1 fully saturated rings. The Balaban J connectivity index is 1.51. The van der Waals surface area contributed by atoms with Crippen LogP contribution in [0.3, 0.4) is 0 Å². The number of pyridine rings is 1. The van der Waals surface area contributed by atoms with E-state index in [9.17, 15) is 13.2 Å². The minimum Gasteiger partial charge on any atom is -0.406 e. The molecular formula is C20H19F3NO. The lowest BCUT2D eigenvalue weighted by Crippen LogP contribution is -2.32. The molecule has 0 spiro atoms. The van der Waals surface area contributed by atoms with Crippen LogP contribution in [0.25, 0.3) is 0 Å². The third-order valence-electron chi connectivity index (χ3n) is 5.36. The summed E-state index contributed by atoms with van der Waals surface area (Å²) >= 11 is 0. The van der Waals surface area contributed by atoms with Crippen molar-refractivity contribution in [3.8, 4) is 5.75 Å². The number of rotatable bonds is 3. The molecule has 5 heteroatoms. The molecule has 2 aliphatic carbocycles. The molecule has 2 nitrogen and oxygen atoms in total. The van der Waals surface area contributed by atoms with Gasteiger partial charge >= 0.3 is 6.36 Å². The van der Waals surface area contributed by atoms with Crippen molar-refractivity contribution < 1.29 is 17.9 Å². The van der Waals surface area contributed by atoms with Gasteiger partial charge in [-0.15, -0.1) is 13.2 Å². The summed E-state index contributed by atoms with van der Waals surface area (Å²) in [4.78, 5) is 4.63. The summed E-state index contributed by atoms with van der Waals surface area (Å²) in [7, 11) is 0. The lowest BCUT2D eigenvalue weighted by Gasteiger charge is -2.43. The van der Waals surface area contributed by atoms with E-state index in [0.29, 0.717) is 11.8 Å². The average molecular weight is 346 g/mol. The summed E-state index contributed by atoms with van der Waals surface area (Å²) in [6, 6.07) is 10.4. The molecule has 131 valence electrons. The van der Waals surface area contributed by atoms with Crippen LogP contribution in [-0.4, -0.2) is 11.3 Å². The zero-order valence-electron chi connectivity index (χ0n) is 13.7. The Labute approximate surface area is 145 Å². The normalized spacial score (nSPS) is 23.6. The lowest BCUT2D eigenvalue weighted by atomic mass is 9.61. The maximum atomic E-state index is 12.3. The summed E-state index contributed by atoms with van der Waals surface area (Å²) in [5.41, 5.74) is 3.58. The van der Waals surface area contributed by atoms with Crippen LogP contribution < -0.4 is 4.74 Å². The summed E-state index contributed by atoms with van der Waals surface area (Å²) in [5.74, 6) is 2.04. The maximum Gasteiger partial charge on any atom is 0.573 e. The highest BCUT2D eigenvalue weighted by Gasteiger charge is 2.41. The highest BCUT2D eigenvalue weighted by molar-refractivity contribution is 5.42. The molecule has 2 unspecified atom stereocenters. The van der Waals surface area contributed by atoms with Gasteiger partial charge in [0.15, 0.2) is 0 Å². The Bertz CT molecular complexity index is 741. The van der Waals surface area contributed by atoms with Crippen LogP contribution in [0.5, 0.6) is 5.75 Å². The van der Waals surface area contributed by atoms with Crippen molar-refractivity contribution in [1.82, 2.24) is 4.98 Å². The molecule has 2 aromatic rings. The first-order chi connectivity index (χ1) is 12.0. The summed E-state index contributed by atoms with van der Waals surface area (Å²) in [5, 5.41) is 0. The second-order valence-electron chi connectivity index (χ2n) is 6.79. The largest absolute Gasteiger partial charge is 0.573 e. The smallest absolute Gasteiger partial charge is 0.406 e. The number of aryl methyl sites for hydroxylation is 1.